The summed E-state index contributed by atoms with van der Waals surface area (Å²) >= 11 is 6.05. The molecular weight excluding hydrogens is 319 g/mol. The Labute approximate surface area is 139 Å². The van der Waals surface area contributed by atoms with E-state index in [4.69, 9.17) is 16.3 Å². The van der Waals surface area contributed by atoms with Crippen molar-refractivity contribution in [2.24, 2.45) is 0 Å². The van der Waals surface area contributed by atoms with Crippen LogP contribution in [-0.4, -0.2) is 19.6 Å². The summed E-state index contributed by atoms with van der Waals surface area (Å²) in [6.07, 6.45) is 0.266. The summed E-state index contributed by atoms with van der Waals surface area (Å²) in [5, 5.41) is 6.49. The minimum Gasteiger partial charge on any atom is -0.495 e. The van der Waals surface area contributed by atoms with E-state index < -0.39 is 0 Å². The molecule has 4 nitrogen and oxygen atoms in total. The van der Waals surface area contributed by atoms with E-state index in [0.717, 1.165) is 11.3 Å². The molecule has 0 bridgehead atoms. The van der Waals surface area contributed by atoms with Crippen LogP contribution in [0.1, 0.15) is 12.0 Å². The Hall–Kier alpha value is -2.27. The quantitative estimate of drug-likeness (QED) is 0.829. The summed E-state index contributed by atoms with van der Waals surface area (Å²) in [6, 6.07) is 9.25. The second-order valence-electron chi connectivity index (χ2n) is 5.03. The van der Waals surface area contributed by atoms with Crippen LogP contribution in [0.25, 0.3) is 0 Å². The molecule has 0 saturated heterocycles. The zero-order chi connectivity index (χ0) is 16.8. The third kappa shape index (κ3) is 4.86. The fourth-order valence-corrected chi connectivity index (χ4v) is 2.19. The van der Waals surface area contributed by atoms with Gasteiger partial charge in [-0.15, -0.1) is 0 Å². The average Bonchev–Trinajstić information content (AvgIpc) is 2.52. The van der Waals surface area contributed by atoms with Crippen LogP contribution in [0.5, 0.6) is 5.75 Å². The number of benzene rings is 2. The largest absolute Gasteiger partial charge is 0.495 e. The summed E-state index contributed by atoms with van der Waals surface area (Å²) in [4.78, 5) is 11.9. The number of carbonyl (C=O) groups excluding carboxylic acids is 1. The Morgan fingerprint density at radius 2 is 1.96 bits per heavy atom. The summed E-state index contributed by atoms with van der Waals surface area (Å²) in [5.74, 6) is 0.128. The van der Waals surface area contributed by atoms with Crippen LogP contribution in [-0.2, 0) is 4.79 Å². The smallest absolute Gasteiger partial charge is 0.226 e. The van der Waals surface area contributed by atoms with Crippen molar-refractivity contribution in [1.82, 2.24) is 0 Å². The number of halogens is 2. The number of aryl methyl sites for hydroxylation is 1. The lowest BCUT2D eigenvalue weighted by atomic mass is 10.2. The van der Waals surface area contributed by atoms with Crippen LogP contribution in [0, 0.1) is 12.7 Å². The second-order valence-corrected chi connectivity index (χ2v) is 5.44. The Bertz CT molecular complexity index is 690. The standard InChI is InChI=1S/C17H18ClFN2O2/c1-11-9-15(16(23-2)10-14(11)18)20-8-7-17(22)21-13-5-3-12(19)4-6-13/h3-6,9-10,20H,7-8H2,1-2H3,(H,21,22). The predicted molar refractivity (Wildman–Crippen MR) is 90.9 cm³/mol. The Morgan fingerprint density at radius 3 is 2.61 bits per heavy atom. The molecule has 0 spiro atoms. The number of methoxy groups -OCH3 is 1. The first-order valence-electron chi connectivity index (χ1n) is 7.13. The van der Waals surface area contributed by atoms with Gasteiger partial charge in [0.15, 0.2) is 0 Å². The van der Waals surface area contributed by atoms with E-state index in [2.05, 4.69) is 10.6 Å². The highest BCUT2D eigenvalue weighted by Gasteiger charge is 2.08. The van der Waals surface area contributed by atoms with Gasteiger partial charge in [0.05, 0.1) is 12.8 Å². The molecule has 0 atom stereocenters. The molecule has 0 heterocycles. The lowest BCUT2D eigenvalue weighted by molar-refractivity contribution is -0.115. The van der Waals surface area contributed by atoms with Gasteiger partial charge < -0.3 is 15.4 Å². The molecule has 0 aliphatic rings. The van der Waals surface area contributed by atoms with Crippen molar-refractivity contribution in [1.29, 1.82) is 0 Å². The van der Waals surface area contributed by atoms with Crippen molar-refractivity contribution in [3.8, 4) is 5.75 Å². The Morgan fingerprint density at radius 1 is 1.26 bits per heavy atom. The van der Waals surface area contributed by atoms with Gasteiger partial charge in [-0.2, -0.15) is 0 Å². The van der Waals surface area contributed by atoms with Crippen molar-refractivity contribution < 1.29 is 13.9 Å². The van der Waals surface area contributed by atoms with Crippen LogP contribution in [0.15, 0.2) is 36.4 Å². The minimum atomic E-state index is -0.338. The van der Waals surface area contributed by atoms with Crippen LogP contribution >= 0.6 is 11.6 Å². The third-order valence-corrected chi connectivity index (χ3v) is 3.68. The number of anilines is 2. The summed E-state index contributed by atoms with van der Waals surface area (Å²) < 4.78 is 18.1. The van der Waals surface area contributed by atoms with Gasteiger partial charge in [-0.25, -0.2) is 4.39 Å². The first-order valence-corrected chi connectivity index (χ1v) is 7.51. The van der Waals surface area contributed by atoms with Crippen LogP contribution < -0.4 is 15.4 Å². The van der Waals surface area contributed by atoms with Gasteiger partial charge in [-0.3, -0.25) is 4.79 Å². The number of ether oxygens (including phenoxy) is 1. The zero-order valence-corrected chi connectivity index (χ0v) is 13.7. The lowest BCUT2D eigenvalue weighted by Crippen LogP contribution is -2.16. The first kappa shape index (κ1) is 17.1. The monoisotopic (exact) mass is 336 g/mol. The van der Waals surface area contributed by atoms with Crippen molar-refractivity contribution in [3.05, 3.63) is 52.8 Å². The van der Waals surface area contributed by atoms with Crippen LogP contribution in [0.3, 0.4) is 0 Å². The molecule has 0 aromatic heterocycles. The Kier molecular flexibility index (Phi) is 5.82. The maximum Gasteiger partial charge on any atom is 0.226 e. The highest BCUT2D eigenvalue weighted by atomic mass is 35.5. The first-order chi connectivity index (χ1) is 11.0. The number of hydrogen-bond donors (Lipinski definition) is 2. The van der Waals surface area contributed by atoms with Crippen LogP contribution in [0.2, 0.25) is 5.02 Å². The van der Waals surface area contributed by atoms with E-state index in [-0.39, 0.29) is 18.1 Å². The molecule has 0 radical (unpaired) electrons. The molecule has 2 N–H and O–H groups in total. The zero-order valence-electron chi connectivity index (χ0n) is 13.0. The average molecular weight is 337 g/mol. The third-order valence-electron chi connectivity index (χ3n) is 3.28. The molecule has 122 valence electrons. The molecule has 2 aromatic rings. The van der Waals surface area contributed by atoms with Crippen molar-refractivity contribution in [2.45, 2.75) is 13.3 Å². The van der Waals surface area contributed by atoms with E-state index in [1.165, 1.54) is 24.3 Å². The van der Waals surface area contributed by atoms with Crippen LogP contribution in [0.4, 0.5) is 15.8 Å². The van der Waals surface area contributed by atoms with Gasteiger partial charge in [-0.05, 0) is 42.8 Å². The minimum absolute atomic E-state index is 0.159. The fraction of sp³-hybridized carbons (Fsp3) is 0.235. The molecule has 23 heavy (non-hydrogen) atoms. The topological polar surface area (TPSA) is 50.4 Å². The molecule has 0 aliphatic heterocycles. The molecule has 1 amide bonds. The maximum atomic E-state index is 12.8. The molecule has 0 saturated carbocycles. The molecule has 0 unspecified atom stereocenters. The molecule has 6 heteroatoms. The number of carbonyl (C=O) groups is 1. The summed E-state index contributed by atoms with van der Waals surface area (Å²) in [7, 11) is 1.56. The molecule has 0 aliphatic carbocycles. The van der Waals surface area contributed by atoms with Gasteiger partial charge in [0.2, 0.25) is 5.91 Å². The van der Waals surface area contributed by atoms with Gasteiger partial charge in [-0.1, -0.05) is 11.6 Å². The number of amides is 1. The van der Waals surface area contributed by atoms with E-state index >= 15 is 0 Å². The fourth-order valence-electron chi connectivity index (χ4n) is 2.04. The Balaban J connectivity index is 1.88. The van der Waals surface area contributed by atoms with E-state index in [0.29, 0.717) is 23.0 Å². The normalized spacial score (nSPS) is 10.3. The summed E-state index contributed by atoms with van der Waals surface area (Å²) in [5.41, 5.74) is 2.27. The molecule has 0 fully saturated rings. The lowest BCUT2D eigenvalue weighted by Gasteiger charge is -2.13. The van der Waals surface area contributed by atoms with Gasteiger partial charge in [0.25, 0.3) is 0 Å². The van der Waals surface area contributed by atoms with E-state index in [1.807, 2.05) is 13.0 Å². The van der Waals surface area contributed by atoms with Gasteiger partial charge >= 0.3 is 0 Å². The predicted octanol–water partition coefficient (Wildman–Crippen LogP) is 4.24. The molecule has 2 aromatic carbocycles. The highest BCUT2D eigenvalue weighted by molar-refractivity contribution is 6.31. The van der Waals surface area contributed by atoms with Crippen molar-refractivity contribution in [3.63, 3.8) is 0 Å². The van der Waals surface area contributed by atoms with Crippen molar-refractivity contribution >= 4 is 28.9 Å². The van der Waals surface area contributed by atoms with E-state index in [1.54, 1.807) is 13.2 Å². The second kappa shape index (κ2) is 7.83. The highest BCUT2D eigenvalue weighted by Crippen LogP contribution is 2.30. The number of rotatable bonds is 6. The van der Waals surface area contributed by atoms with Gasteiger partial charge in [0.1, 0.15) is 11.6 Å². The maximum absolute atomic E-state index is 12.8. The van der Waals surface area contributed by atoms with Gasteiger partial charge in [0, 0.05) is 29.7 Å². The summed E-state index contributed by atoms with van der Waals surface area (Å²) in [6.45, 7) is 2.33. The number of nitrogens with one attached hydrogen (secondary N) is 2. The molecule has 2 rings (SSSR count). The van der Waals surface area contributed by atoms with Crippen molar-refractivity contribution in [2.75, 3.05) is 24.3 Å². The molecular formula is C17H18ClFN2O2. The SMILES string of the molecule is COc1cc(Cl)c(C)cc1NCCC(=O)Nc1ccc(F)cc1. The number of hydrogen-bond acceptors (Lipinski definition) is 3. The van der Waals surface area contributed by atoms with E-state index in [9.17, 15) is 9.18 Å².